The lowest BCUT2D eigenvalue weighted by molar-refractivity contribution is -0.142. The molecule has 32 heavy (non-hydrogen) atoms. The van der Waals surface area contributed by atoms with Crippen LogP contribution in [0.25, 0.3) is 0 Å². The number of hydrogen-bond donors (Lipinski definition) is 1. The zero-order valence-corrected chi connectivity index (χ0v) is 17.7. The highest BCUT2D eigenvalue weighted by Crippen LogP contribution is 2.36. The fourth-order valence-corrected chi connectivity index (χ4v) is 4.55. The fraction of sp³-hybridized carbons (Fsp3) is 0.636. The Morgan fingerprint density at radius 2 is 1.66 bits per heavy atom. The van der Waals surface area contributed by atoms with Crippen LogP contribution in [-0.2, 0) is 11.0 Å². The Morgan fingerprint density at radius 3 is 2.19 bits per heavy atom. The SMILES string of the molecule is N#CCC(=O)N[C@H]1CC[C@H](CCN2CCN(c3cc(F)c(C(F)(F)F)c(F)c3)CC2)CC1. The highest BCUT2D eigenvalue weighted by molar-refractivity contribution is 5.78. The van der Waals surface area contributed by atoms with E-state index in [1.165, 1.54) is 0 Å². The van der Waals surface area contributed by atoms with E-state index in [9.17, 15) is 26.7 Å². The maximum Gasteiger partial charge on any atom is 0.422 e. The predicted octanol–water partition coefficient (Wildman–Crippen LogP) is 4.08. The largest absolute Gasteiger partial charge is 0.422 e. The zero-order valence-electron chi connectivity index (χ0n) is 17.7. The van der Waals surface area contributed by atoms with E-state index < -0.39 is 23.4 Å². The molecule has 1 heterocycles. The van der Waals surface area contributed by atoms with Gasteiger partial charge in [-0.05, 0) is 56.7 Å². The normalized spacial score (nSPS) is 22.4. The molecule has 0 atom stereocenters. The maximum absolute atomic E-state index is 13.9. The molecule has 1 N–H and O–H groups in total. The van der Waals surface area contributed by atoms with Crippen molar-refractivity contribution in [2.75, 3.05) is 37.6 Å². The smallest absolute Gasteiger partial charge is 0.369 e. The van der Waals surface area contributed by atoms with Gasteiger partial charge in [0.1, 0.15) is 23.6 Å². The van der Waals surface area contributed by atoms with Crippen molar-refractivity contribution >= 4 is 11.6 Å². The third kappa shape index (κ3) is 6.31. The minimum atomic E-state index is -5.06. The summed E-state index contributed by atoms with van der Waals surface area (Å²) in [7, 11) is 0. The second kappa shape index (κ2) is 10.5. The van der Waals surface area contributed by atoms with Gasteiger partial charge in [0.05, 0.1) is 6.07 Å². The minimum Gasteiger partial charge on any atom is -0.369 e. The molecule has 1 saturated carbocycles. The number of amides is 1. The number of nitrogens with zero attached hydrogens (tertiary/aromatic N) is 3. The molecule has 2 aliphatic rings. The molecule has 0 bridgehead atoms. The molecule has 1 aromatic rings. The van der Waals surface area contributed by atoms with Gasteiger partial charge in [0.25, 0.3) is 0 Å². The van der Waals surface area contributed by atoms with E-state index >= 15 is 0 Å². The Hall–Kier alpha value is -2.41. The quantitative estimate of drug-likeness (QED) is 0.653. The van der Waals surface area contributed by atoms with Gasteiger partial charge in [0.15, 0.2) is 0 Å². The van der Waals surface area contributed by atoms with Gasteiger partial charge in [-0.1, -0.05) is 0 Å². The Balaban J connectivity index is 1.42. The molecule has 1 saturated heterocycles. The van der Waals surface area contributed by atoms with Crippen LogP contribution in [0.3, 0.4) is 0 Å². The lowest BCUT2D eigenvalue weighted by atomic mass is 9.84. The molecule has 1 aliphatic carbocycles. The first-order valence-electron chi connectivity index (χ1n) is 10.9. The Labute approximate surface area is 184 Å². The van der Waals surface area contributed by atoms with Gasteiger partial charge in [-0.15, -0.1) is 0 Å². The summed E-state index contributed by atoms with van der Waals surface area (Å²) < 4.78 is 66.0. The summed E-state index contributed by atoms with van der Waals surface area (Å²) in [6.45, 7) is 3.21. The second-order valence-electron chi connectivity index (χ2n) is 8.52. The molecular weight excluding hydrogens is 431 g/mol. The highest BCUT2D eigenvalue weighted by atomic mass is 19.4. The summed E-state index contributed by atoms with van der Waals surface area (Å²) >= 11 is 0. The van der Waals surface area contributed by atoms with Crippen molar-refractivity contribution in [2.45, 2.75) is 50.7 Å². The number of anilines is 1. The number of nitrogens with one attached hydrogen (secondary N) is 1. The van der Waals surface area contributed by atoms with Crippen molar-refractivity contribution in [1.82, 2.24) is 10.2 Å². The molecule has 0 spiro atoms. The Morgan fingerprint density at radius 1 is 1.06 bits per heavy atom. The average Bonchev–Trinajstić information content (AvgIpc) is 2.72. The van der Waals surface area contributed by atoms with Crippen LogP contribution in [0.5, 0.6) is 0 Å². The highest BCUT2D eigenvalue weighted by Gasteiger charge is 2.38. The standard InChI is InChI=1S/C22H27F5N4O/c23-18-13-17(14-19(24)21(18)22(25,26)27)31-11-9-30(10-12-31)8-6-15-1-3-16(4-2-15)29-20(32)5-7-28/h13-16H,1-6,8-12H2,(H,29,32)/t15-,16-. The van der Waals surface area contributed by atoms with Crippen LogP contribution in [-0.4, -0.2) is 49.6 Å². The van der Waals surface area contributed by atoms with Crippen LogP contribution >= 0.6 is 0 Å². The Kier molecular flexibility index (Phi) is 7.93. The first-order valence-corrected chi connectivity index (χ1v) is 10.9. The topological polar surface area (TPSA) is 59.4 Å². The summed E-state index contributed by atoms with van der Waals surface area (Å²) in [6.07, 6.45) is -0.322. The first-order chi connectivity index (χ1) is 15.2. The van der Waals surface area contributed by atoms with E-state index in [2.05, 4.69) is 10.2 Å². The summed E-state index contributed by atoms with van der Waals surface area (Å²) in [5, 5.41) is 11.4. The van der Waals surface area contributed by atoms with E-state index in [0.717, 1.165) is 50.8 Å². The van der Waals surface area contributed by atoms with Gasteiger partial charge in [-0.2, -0.15) is 18.4 Å². The number of hydrogen-bond acceptors (Lipinski definition) is 4. The number of carbonyl (C=O) groups excluding carboxylic acids is 1. The summed E-state index contributed by atoms with van der Waals surface area (Å²) in [5.41, 5.74) is -1.72. The summed E-state index contributed by atoms with van der Waals surface area (Å²) in [6, 6.07) is 3.50. The maximum atomic E-state index is 13.9. The molecule has 176 valence electrons. The van der Waals surface area contributed by atoms with Crippen molar-refractivity contribution in [3.05, 3.63) is 29.3 Å². The average molecular weight is 458 g/mol. The molecule has 1 aromatic carbocycles. The van der Waals surface area contributed by atoms with Crippen molar-refractivity contribution < 1.29 is 26.7 Å². The fourth-order valence-electron chi connectivity index (χ4n) is 4.55. The molecule has 3 rings (SSSR count). The van der Waals surface area contributed by atoms with Gasteiger partial charge >= 0.3 is 6.18 Å². The van der Waals surface area contributed by atoms with Crippen molar-refractivity contribution in [2.24, 2.45) is 5.92 Å². The minimum absolute atomic E-state index is 0.113. The zero-order chi connectivity index (χ0) is 23.3. The van der Waals surface area contributed by atoms with Gasteiger partial charge in [-0.25, -0.2) is 8.78 Å². The number of benzene rings is 1. The van der Waals surface area contributed by atoms with Crippen molar-refractivity contribution in [3.63, 3.8) is 0 Å². The summed E-state index contributed by atoms with van der Waals surface area (Å²) in [5.74, 6) is -2.83. The number of halogens is 5. The third-order valence-electron chi connectivity index (χ3n) is 6.35. The van der Waals surface area contributed by atoms with Crippen LogP contribution in [0.2, 0.25) is 0 Å². The predicted molar refractivity (Wildman–Crippen MR) is 109 cm³/mol. The number of carbonyl (C=O) groups is 1. The second-order valence-corrected chi connectivity index (χ2v) is 8.52. The molecule has 0 aromatic heterocycles. The van der Waals surface area contributed by atoms with E-state index in [1.807, 2.05) is 6.07 Å². The molecular formula is C22H27F5N4O. The number of rotatable bonds is 6. The molecule has 5 nitrogen and oxygen atoms in total. The Bertz CT molecular complexity index is 815. The van der Waals surface area contributed by atoms with E-state index in [4.69, 9.17) is 5.26 Å². The monoisotopic (exact) mass is 458 g/mol. The van der Waals surface area contributed by atoms with Crippen molar-refractivity contribution in [3.8, 4) is 6.07 Å². The molecule has 2 fully saturated rings. The summed E-state index contributed by atoms with van der Waals surface area (Å²) in [4.78, 5) is 15.5. The van der Waals surface area contributed by atoms with Crippen LogP contribution in [0.15, 0.2) is 12.1 Å². The lowest BCUT2D eigenvalue weighted by Gasteiger charge is -2.37. The van der Waals surface area contributed by atoms with Crippen LogP contribution in [0, 0.1) is 28.9 Å². The van der Waals surface area contributed by atoms with Crippen LogP contribution in [0.1, 0.15) is 44.1 Å². The molecule has 1 amide bonds. The van der Waals surface area contributed by atoms with E-state index in [0.29, 0.717) is 32.1 Å². The van der Waals surface area contributed by atoms with E-state index in [-0.39, 0.29) is 24.1 Å². The molecule has 0 radical (unpaired) electrons. The number of alkyl halides is 3. The van der Waals surface area contributed by atoms with Crippen LogP contribution in [0.4, 0.5) is 27.6 Å². The number of nitriles is 1. The number of piperazine rings is 1. The van der Waals surface area contributed by atoms with E-state index in [1.54, 1.807) is 4.90 Å². The van der Waals surface area contributed by atoms with Crippen molar-refractivity contribution in [1.29, 1.82) is 5.26 Å². The van der Waals surface area contributed by atoms with Gasteiger partial charge in [0.2, 0.25) is 5.91 Å². The van der Waals surface area contributed by atoms with Gasteiger partial charge in [-0.3, -0.25) is 9.69 Å². The molecule has 1 aliphatic heterocycles. The third-order valence-corrected chi connectivity index (χ3v) is 6.35. The first kappa shape index (κ1) is 24.2. The molecule has 10 heteroatoms. The lowest BCUT2D eigenvalue weighted by Crippen LogP contribution is -2.47. The van der Waals surface area contributed by atoms with Gasteiger partial charge < -0.3 is 10.2 Å². The van der Waals surface area contributed by atoms with Gasteiger partial charge in [0, 0.05) is 37.9 Å². The van der Waals surface area contributed by atoms with Crippen LogP contribution < -0.4 is 10.2 Å². The molecule has 0 unspecified atom stereocenters.